The zero-order chi connectivity index (χ0) is 11.6. The van der Waals surface area contributed by atoms with Crippen molar-refractivity contribution in [2.75, 3.05) is 0 Å². The Bertz CT molecular complexity index is 387. The standard InChI is InChI=1S/C11H12F2N2/c1-11(2,6-14)10(15)7-3-8(12)5-9(13)4-7/h3-5,10H,15H2,1-2H3. The lowest BCUT2D eigenvalue weighted by molar-refractivity contribution is 0.390. The summed E-state index contributed by atoms with van der Waals surface area (Å²) in [7, 11) is 0. The lowest BCUT2D eigenvalue weighted by Crippen LogP contribution is -2.27. The normalized spacial score (nSPS) is 13.3. The summed E-state index contributed by atoms with van der Waals surface area (Å²) < 4.78 is 25.8. The number of hydrogen-bond donors (Lipinski definition) is 1. The molecule has 0 amide bonds. The summed E-state index contributed by atoms with van der Waals surface area (Å²) in [6.45, 7) is 3.25. The molecule has 1 rings (SSSR count). The van der Waals surface area contributed by atoms with Crippen molar-refractivity contribution in [3.63, 3.8) is 0 Å². The van der Waals surface area contributed by atoms with E-state index in [0.29, 0.717) is 5.56 Å². The van der Waals surface area contributed by atoms with E-state index >= 15 is 0 Å². The van der Waals surface area contributed by atoms with Crippen LogP contribution < -0.4 is 5.73 Å². The third kappa shape index (κ3) is 2.51. The SMILES string of the molecule is CC(C)(C#N)C(N)c1cc(F)cc(F)c1. The monoisotopic (exact) mass is 210 g/mol. The van der Waals surface area contributed by atoms with Gasteiger partial charge in [-0.1, -0.05) is 0 Å². The number of benzene rings is 1. The van der Waals surface area contributed by atoms with Crippen molar-refractivity contribution >= 4 is 0 Å². The Morgan fingerprint density at radius 1 is 1.27 bits per heavy atom. The molecule has 1 unspecified atom stereocenters. The van der Waals surface area contributed by atoms with Gasteiger partial charge in [-0.3, -0.25) is 0 Å². The Labute approximate surface area is 87.3 Å². The second kappa shape index (κ2) is 3.95. The van der Waals surface area contributed by atoms with E-state index in [0.717, 1.165) is 18.2 Å². The number of halogens is 2. The Morgan fingerprint density at radius 2 is 1.73 bits per heavy atom. The van der Waals surface area contributed by atoms with Gasteiger partial charge in [0, 0.05) is 12.1 Å². The van der Waals surface area contributed by atoms with Crippen molar-refractivity contribution < 1.29 is 8.78 Å². The van der Waals surface area contributed by atoms with Gasteiger partial charge in [0.2, 0.25) is 0 Å². The van der Waals surface area contributed by atoms with Crippen molar-refractivity contribution in [3.8, 4) is 6.07 Å². The molecule has 0 bridgehead atoms. The molecule has 1 aromatic rings. The van der Waals surface area contributed by atoms with E-state index in [1.54, 1.807) is 13.8 Å². The van der Waals surface area contributed by atoms with E-state index in [4.69, 9.17) is 11.0 Å². The summed E-state index contributed by atoms with van der Waals surface area (Å²) in [5.74, 6) is -1.37. The number of nitrogens with zero attached hydrogens (tertiary/aromatic N) is 1. The Kier molecular flexibility index (Phi) is 3.06. The zero-order valence-electron chi connectivity index (χ0n) is 8.59. The average Bonchev–Trinajstić information content (AvgIpc) is 2.15. The molecule has 0 heterocycles. The third-order valence-electron chi connectivity index (χ3n) is 2.31. The van der Waals surface area contributed by atoms with Crippen molar-refractivity contribution in [3.05, 3.63) is 35.4 Å². The van der Waals surface area contributed by atoms with Gasteiger partial charge >= 0.3 is 0 Å². The highest BCUT2D eigenvalue weighted by Crippen LogP contribution is 2.30. The summed E-state index contributed by atoms with van der Waals surface area (Å²) in [5, 5.41) is 8.85. The van der Waals surface area contributed by atoms with E-state index in [2.05, 4.69) is 0 Å². The summed E-state index contributed by atoms with van der Waals surface area (Å²) in [6.07, 6.45) is 0. The van der Waals surface area contributed by atoms with Gasteiger partial charge in [0.1, 0.15) is 11.6 Å². The van der Waals surface area contributed by atoms with Gasteiger partial charge < -0.3 is 5.73 Å². The highest BCUT2D eigenvalue weighted by Gasteiger charge is 2.28. The van der Waals surface area contributed by atoms with Crippen LogP contribution in [0.2, 0.25) is 0 Å². The molecule has 1 atom stereocenters. The smallest absolute Gasteiger partial charge is 0.126 e. The molecule has 80 valence electrons. The van der Waals surface area contributed by atoms with Crippen LogP contribution in [0.25, 0.3) is 0 Å². The molecular weight excluding hydrogens is 198 g/mol. The van der Waals surface area contributed by atoms with Gasteiger partial charge in [0.15, 0.2) is 0 Å². The predicted octanol–water partition coefficient (Wildman–Crippen LogP) is 2.51. The minimum atomic E-state index is -0.861. The molecule has 15 heavy (non-hydrogen) atoms. The topological polar surface area (TPSA) is 49.8 Å². The zero-order valence-corrected chi connectivity index (χ0v) is 8.59. The van der Waals surface area contributed by atoms with Crippen LogP contribution in [0.3, 0.4) is 0 Å². The van der Waals surface area contributed by atoms with E-state index in [9.17, 15) is 8.78 Å². The molecule has 0 aliphatic rings. The molecule has 0 fully saturated rings. The fourth-order valence-corrected chi connectivity index (χ4v) is 1.24. The van der Waals surface area contributed by atoms with Crippen LogP contribution in [0.1, 0.15) is 25.5 Å². The number of rotatable bonds is 2. The summed E-state index contributed by atoms with van der Waals surface area (Å²) in [6, 6.07) is 4.36. The average molecular weight is 210 g/mol. The first-order valence-electron chi connectivity index (χ1n) is 4.49. The van der Waals surface area contributed by atoms with Crippen molar-refractivity contribution in [1.82, 2.24) is 0 Å². The molecule has 0 radical (unpaired) electrons. The molecular formula is C11H12F2N2. The van der Waals surface area contributed by atoms with Crippen LogP contribution in [0.5, 0.6) is 0 Å². The van der Waals surface area contributed by atoms with Crippen LogP contribution >= 0.6 is 0 Å². The Hall–Kier alpha value is -1.47. The molecule has 1 aromatic carbocycles. The molecule has 2 N–H and O–H groups in total. The summed E-state index contributed by atoms with van der Waals surface area (Å²) in [4.78, 5) is 0. The summed E-state index contributed by atoms with van der Waals surface area (Å²) in [5.41, 5.74) is 5.20. The maximum absolute atomic E-state index is 12.9. The van der Waals surface area contributed by atoms with Crippen LogP contribution in [0, 0.1) is 28.4 Å². The predicted molar refractivity (Wildman–Crippen MR) is 52.7 cm³/mol. The third-order valence-corrected chi connectivity index (χ3v) is 2.31. The minimum absolute atomic E-state index is 0.291. The van der Waals surface area contributed by atoms with Crippen LogP contribution in [-0.2, 0) is 0 Å². The van der Waals surface area contributed by atoms with Crippen molar-refractivity contribution in [1.29, 1.82) is 5.26 Å². The highest BCUT2D eigenvalue weighted by atomic mass is 19.1. The lowest BCUT2D eigenvalue weighted by atomic mass is 9.82. The van der Waals surface area contributed by atoms with E-state index in [-0.39, 0.29) is 0 Å². The van der Waals surface area contributed by atoms with E-state index in [1.807, 2.05) is 6.07 Å². The fourth-order valence-electron chi connectivity index (χ4n) is 1.24. The molecule has 0 aromatic heterocycles. The minimum Gasteiger partial charge on any atom is -0.323 e. The fraction of sp³-hybridized carbons (Fsp3) is 0.364. The number of hydrogen-bond acceptors (Lipinski definition) is 2. The Morgan fingerprint density at radius 3 is 2.13 bits per heavy atom. The molecule has 0 saturated heterocycles. The largest absolute Gasteiger partial charge is 0.323 e. The van der Waals surface area contributed by atoms with Crippen LogP contribution in [0.4, 0.5) is 8.78 Å². The highest BCUT2D eigenvalue weighted by molar-refractivity contribution is 5.24. The first-order valence-corrected chi connectivity index (χ1v) is 4.49. The Balaban J connectivity index is 3.13. The maximum Gasteiger partial charge on any atom is 0.126 e. The van der Waals surface area contributed by atoms with E-state index < -0.39 is 23.1 Å². The van der Waals surface area contributed by atoms with Crippen molar-refractivity contribution in [2.24, 2.45) is 11.1 Å². The molecule has 0 aliphatic heterocycles. The first kappa shape index (κ1) is 11.6. The van der Waals surface area contributed by atoms with Gasteiger partial charge in [-0.25, -0.2) is 8.78 Å². The number of nitrogens with two attached hydrogens (primary N) is 1. The molecule has 0 aliphatic carbocycles. The second-order valence-electron chi connectivity index (χ2n) is 4.01. The molecule has 0 spiro atoms. The number of nitriles is 1. The molecule has 4 heteroatoms. The van der Waals surface area contributed by atoms with Gasteiger partial charge in [-0.15, -0.1) is 0 Å². The maximum atomic E-state index is 12.9. The van der Waals surface area contributed by atoms with Gasteiger partial charge in [0.05, 0.1) is 11.5 Å². The lowest BCUT2D eigenvalue weighted by Gasteiger charge is -2.24. The molecule has 2 nitrogen and oxygen atoms in total. The van der Waals surface area contributed by atoms with Crippen LogP contribution in [-0.4, -0.2) is 0 Å². The molecule has 0 saturated carbocycles. The van der Waals surface area contributed by atoms with E-state index in [1.165, 1.54) is 0 Å². The van der Waals surface area contributed by atoms with Crippen molar-refractivity contribution in [2.45, 2.75) is 19.9 Å². The quantitative estimate of drug-likeness (QED) is 0.815. The first-order chi connectivity index (χ1) is 6.86. The summed E-state index contributed by atoms with van der Waals surface area (Å²) >= 11 is 0. The van der Waals surface area contributed by atoms with Crippen LogP contribution in [0.15, 0.2) is 18.2 Å². The van der Waals surface area contributed by atoms with Gasteiger partial charge in [0.25, 0.3) is 0 Å². The van der Waals surface area contributed by atoms with Gasteiger partial charge in [-0.05, 0) is 31.5 Å². The van der Waals surface area contributed by atoms with Gasteiger partial charge in [-0.2, -0.15) is 5.26 Å². The second-order valence-corrected chi connectivity index (χ2v) is 4.01.